The van der Waals surface area contributed by atoms with Crippen LogP contribution < -0.4 is 14.8 Å². The minimum Gasteiger partial charge on any atom is -0.497 e. The van der Waals surface area contributed by atoms with E-state index in [0.717, 1.165) is 29.9 Å². The van der Waals surface area contributed by atoms with Crippen molar-refractivity contribution in [1.82, 2.24) is 10.2 Å². The summed E-state index contributed by atoms with van der Waals surface area (Å²) in [6.07, 6.45) is 5.39. The van der Waals surface area contributed by atoms with E-state index in [9.17, 15) is 9.59 Å². The summed E-state index contributed by atoms with van der Waals surface area (Å²) in [7, 11) is 3.35. The molecule has 1 fully saturated rings. The highest BCUT2D eigenvalue weighted by Crippen LogP contribution is 2.19. The van der Waals surface area contributed by atoms with Crippen molar-refractivity contribution in [3.05, 3.63) is 65.7 Å². The third-order valence-corrected chi connectivity index (χ3v) is 4.63. The fourth-order valence-electron chi connectivity index (χ4n) is 2.62. The number of methoxy groups -OCH3 is 1. The molecule has 152 valence electrons. The molecule has 6 heteroatoms. The summed E-state index contributed by atoms with van der Waals surface area (Å²) in [6, 6.07) is 14.9. The lowest BCUT2D eigenvalue weighted by molar-refractivity contribution is -0.125. The van der Waals surface area contributed by atoms with Gasteiger partial charge in [0.1, 0.15) is 18.1 Å². The molecule has 29 heavy (non-hydrogen) atoms. The van der Waals surface area contributed by atoms with Crippen LogP contribution in [0.4, 0.5) is 0 Å². The molecular formula is C23H26N2O4. The molecule has 0 bridgehead atoms. The molecular weight excluding hydrogens is 368 g/mol. The van der Waals surface area contributed by atoms with Gasteiger partial charge in [-0.2, -0.15) is 0 Å². The predicted molar refractivity (Wildman–Crippen MR) is 112 cm³/mol. The van der Waals surface area contributed by atoms with Crippen LogP contribution in [0.3, 0.4) is 0 Å². The molecule has 2 aromatic rings. The van der Waals surface area contributed by atoms with Gasteiger partial charge in [0.05, 0.1) is 13.7 Å². The Morgan fingerprint density at radius 3 is 2.34 bits per heavy atom. The molecule has 2 aromatic carbocycles. The summed E-state index contributed by atoms with van der Waals surface area (Å²) in [5.41, 5.74) is 1.50. The predicted octanol–water partition coefficient (Wildman–Crippen LogP) is 3.14. The number of likely N-dealkylation sites (N-methyl/N-ethyl adjacent to an activating group) is 1. The van der Waals surface area contributed by atoms with Gasteiger partial charge in [-0.3, -0.25) is 9.59 Å². The van der Waals surface area contributed by atoms with E-state index >= 15 is 0 Å². The van der Waals surface area contributed by atoms with Crippen LogP contribution in [0.2, 0.25) is 0 Å². The molecule has 1 aliphatic carbocycles. The van der Waals surface area contributed by atoms with E-state index in [1.54, 1.807) is 37.3 Å². The first-order chi connectivity index (χ1) is 14.0. The molecule has 0 saturated heterocycles. The van der Waals surface area contributed by atoms with E-state index in [4.69, 9.17) is 9.47 Å². The van der Waals surface area contributed by atoms with Crippen LogP contribution in [0.5, 0.6) is 11.5 Å². The summed E-state index contributed by atoms with van der Waals surface area (Å²) >= 11 is 0. The zero-order chi connectivity index (χ0) is 20.6. The molecule has 0 radical (unpaired) electrons. The number of hydrogen-bond acceptors (Lipinski definition) is 4. The molecule has 1 N–H and O–H groups in total. The standard InChI is InChI=1S/C23H26N2O4/c1-25(15-16-29-21-12-10-20(28-2)11-13-21)22(26)14-5-17-3-6-18(7-4-17)23(27)24-19-8-9-19/h3-7,10-14,19H,8-9,15-16H2,1-2H3,(H,24,27)/b14-5+. The maximum Gasteiger partial charge on any atom is 0.251 e. The Labute approximate surface area is 171 Å². The first kappa shape index (κ1) is 20.5. The second kappa shape index (κ2) is 9.78. The molecule has 3 rings (SSSR count). The van der Waals surface area contributed by atoms with Gasteiger partial charge in [0.2, 0.25) is 5.91 Å². The van der Waals surface area contributed by atoms with Crippen LogP contribution in [0.15, 0.2) is 54.6 Å². The fraction of sp³-hybridized carbons (Fsp3) is 0.304. The second-order valence-corrected chi connectivity index (χ2v) is 6.99. The normalized spacial score (nSPS) is 13.2. The van der Waals surface area contributed by atoms with Crippen LogP contribution in [0.25, 0.3) is 6.08 Å². The minimum atomic E-state index is -0.112. The summed E-state index contributed by atoms with van der Waals surface area (Å²) < 4.78 is 10.8. The van der Waals surface area contributed by atoms with Gasteiger partial charge >= 0.3 is 0 Å². The van der Waals surface area contributed by atoms with Gasteiger partial charge in [0.25, 0.3) is 5.91 Å². The number of nitrogens with one attached hydrogen (secondary N) is 1. The van der Waals surface area contributed by atoms with E-state index < -0.39 is 0 Å². The molecule has 0 aromatic heterocycles. The van der Waals surface area contributed by atoms with Crippen molar-refractivity contribution in [2.24, 2.45) is 0 Å². The first-order valence-corrected chi connectivity index (χ1v) is 9.66. The van der Waals surface area contributed by atoms with Gasteiger partial charge < -0.3 is 19.7 Å². The van der Waals surface area contributed by atoms with E-state index in [0.29, 0.717) is 24.8 Å². The molecule has 2 amide bonds. The van der Waals surface area contributed by atoms with Gasteiger partial charge in [-0.25, -0.2) is 0 Å². The molecule has 1 saturated carbocycles. The van der Waals surface area contributed by atoms with E-state index in [1.807, 2.05) is 36.4 Å². The number of ether oxygens (including phenoxy) is 2. The van der Waals surface area contributed by atoms with Gasteiger partial charge in [0.15, 0.2) is 0 Å². The Hall–Kier alpha value is -3.28. The Balaban J connectivity index is 1.43. The zero-order valence-corrected chi connectivity index (χ0v) is 16.8. The third-order valence-electron chi connectivity index (χ3n) is 4.63. The lowest BCUT2D eigenvalue weighted by atomic mass is 10.1. The van der Waals surface area contributed by atoms with Crippen molar-refractivity contribution in [2.75, 3.05) is 27.3 Å². The number of nitrogens with zero attached hydrogens (tertiary/aromatic N) is 1. The maximum absolute atomic E-state index is 12.2. The Bertz CT molecular complexity index is 855. The van der Waals surface area contributed by atoms with E-state index in [-0.39, 0.29) is 11.8 Å². The third kappa shape index (κ3) is 6.38. The van der Waals surface area contributed by atoms with Crippen LogP contribution in [0, 0.1) is 0 Å². The Kier molecular flexibility index (Phi) is 6.89. The Morgan fingerprint density at radius 1 is 1.07 bits per heavy atom. The topological polar surface area (TPSA) is 67.9 Å². The average molecular weight is 394 g/mol. The van der Waals surface area contributed by atoms with Crippen LogP contribution in [0.1, 0.15) is 28.8 Å². The lowest BCUT2D eigenvalue weighted by Gasteiger charge is -2.15. The van der Waals surface area contributed by atoms with Crippen molar-refractivity contribution in [1.29, 1.82) is 0 Å². The highest BCUT2D eigenvalue weighted by molar-refractivity contribution is 5.95. The molecule has 6 nitrogen and oxygen atoms in total. The summed E-state index contributed by atoms with van der Waals surface area (Å²) in [6.45, 7) is 0.864. The van der Waals surface area contributed by atoms with Gasteiger partial charge in [-0.15, -0.1) is 0 Å². The number of benzene rings is 2. The van der Waals surface area contributed by atoms with Gasteiger partial charge in [-0.1, -0.05) is 12.1 Å². The Morgan fingerprint density at radius 2 is 1.72 bits per heavy atom. The second-order valence-electron chi connectivity index (χ2n) is 6.99. The molecule has 0 unspecified atom stereocenters. The van der Waals surface area contributed by atoms with E-state index in [1.165, 1.54) is 6.08 Å². The number of carbonyl (C=O) groups excluding carboxylic acids is 2. The quantitative estimate of drug-likeness (QED) is 0.664. The van der Waals surface area contributed by atoms with Crippen LogP contribution in [-0.4, -0.2) is 50.1 Å². The lowest BCUT2D eigenvalue weighted by Crippen LogP contribution is -2.29. The number of hydrogen-bond donors (Lipinski definition) is 1. The van der Waals surface area contributed by atoms with Crippen molar-refractivity contribution >= 4 is 17.9 Å². The van der Waals surface area contributed by atoms with Crippen molar-refractivity contribution in [2.45, 2.75) is 18.9 Å². The smallest absolute Gasteiger partial charge is 0.251 e. The summed E-state index contributed by atoms with van der Waals surface area (Å²) in [5.74, 6) is 1.34. The van der Waals surface area contributed by atoms with Crippen molar-refractivity contribution < 1.29 is 19.1 Å². The van der Waals surface area contributed by atoms with E-state index in [2.05, 4.69) is 5.32 Å². The SMILES string of the molecule is COc1ccc(OCCN(C)C(=O)/C=C/c2ccc(C(=O)NC3CC3)cc2)cc1. The average Bonchev–Trinajstić information content (AvgIpc) is 3.56. The largest absolute Gasteiger partial charge is 0.497 e. The van der Waals surface area contributed by atoms with Crippen LogP contribution in [-0.2, 0) is 4.79 Å². The highest BCUT2D eigenvalue weighted by Gasteiger charge is 2.23. The van der Waals surface area contributed by atoms with Crippen molar-refractivity contribution in [3.63, 3.8) is 0 Å². The molecule has 0 atom stereocenters. The molecule has 1 aliphatic rings. The monoisotopic (exact) mass is 394 g/mol. The highest BCUT2D eigenvalue weighted by atomic mass is 16.5. The zero-order valence-electron chi connectivity index (χ0n) is 16.8. The van der Waals surface area contributed by atoms with Crippen LogP contribution >= 0.6 is 0 Å². The molecule has 0 spiro atoms. The number of amides is 2. The summed E-state index contributed by atoms with van der Waals surface area (Å²) in [5, 5.41) is 2.96. The fourth-order valence-corrected chi connectivity index (χ4v) is 2.62. The van der Waals surface area contributed by atoms with Crippen molar-refractivity contribution in [3.8, 4) is 11.5 Å². The van der Waals surface area contributed by atoms with Gasteiger partial charge in [0, 0.05) is 24.7 Å². The summed E-state index contributed by atoms with van der Waals surface area (Å²) in [4.78, 5) is 25.8. The minimum absolute atomic E-state index is 0.0456. The molecule has 0 aliphatic heterocycles. The number of carbonyl (C=O) groups is 2. The van der Waals surface area contributed by atoms with Gasteiger partial charge in [-0.05, 0) is 60.9 Å². The molecule has 0 heterocycles. The first-order valence-electron chi connectivity index (χ1n) is 9.66. The number of rotatable bonds is 9. The maximum atomic E-state index is 12.2.